The maximum atomic E-state index is 12.2. The lowest BCUT2D eigenvalue weighted by atomic mass is 10.2. The lowest BCUT2D eigenvalue weighted by Crippen LogP contribution is -2.30. The van der Waals surface area contributed by atoms with Crippen molar-refractivity contribution < 1.29 is 14.3 Å². The molecule has 138 valence electrons. The van der Waals surface area contributed by atoms with E-state index in [1.54, 1.807) is 12.1 Å². The molecule has 1 aliphatic rings. The molecular weight excluding hydrogens is 334 g/mol. The van der Waals surface area contributed by atoms with Crippen LogP contribution in [0.5, 0.6) is 0 Å². The Morgan fingerprint density at radius 3 is 2.88 bits per heavy atom. The summed E-state index contributed by atoms with van der Waals surface area (Å²) in [7, 11) is 0. The van der Waals surface area contributed by atoms with Gasteiger partial charge in [0.15, 0.2) is 0 Å². The van der Waals surface area contributed by atoms with Gasteiger partial charge in [-0.2, -0.15) is 9.78 Å². The van der Waals surface area contributed by atoms with Crippen LogP contribution < -0.4 is 10.9 Å². The van der Waals surface area contributed by atoms with Crippen LogP contribution >= 0.6 is 0 Å². The Balaban J connectivity index is 1.46. The lowest BCUT2D eigenvalue weighted by Gasteiger charge is -2.10. The van der Waals surface area contributed by atoms with Crippen molar-refractivity contribution in [3.63, 3.8) is 0 Å². The van der Waals surface area contributed by atoms with E-state index in [0.717, 1.165) is 19.4 Å². The number of nitrogens with one attached hydrogen (secondary N) is 1. The van der Waals surface area contributed by atoms with Gasteiger partial charge in [0.05, 0.1) is 18.4 Å². The van der Waals surface area contributed by atoms with Gasteiger partial charge in [-0.3, -0.25) is 9.59 Å². The van der Waals surface area contributed by atoms with E-state index in [1.165, 1.54) is 16.8 Å². The molecule has 1 aromatic heterocycles. The van der Waals surface area contributed by atoms with Gasteiger partial charge in [0.25, 0.3) is 11.5 Å². The van der Waals surface area contributed by atoms with Gasteiger partial charge < -0.3 is 14.8 Å². The quantitative estimate of drug-likeness (QED) is 0.725. The number of aromatic nitrogens is 2. The number of para-hydroxylation sites is 1. The monoisotopic (exact) mass is 357 g/mol. The molecule has 0 aliphatic carbocycles. The molecule has 7 nitrogen and oxygen atoms in total. The minimum absolute atomic E-state index is 0.203. The highest BCUT2D eigenvalue weighted by Crippen LogP contribution is 2.11. The predicted octanol–water partition coefficient (Wildman–Crippen LogP) is 1.55. The molecule has 0 saturated carbocycles. The molecule has 1 aromatic carbocycles. The van der Waals surface area contributed by atoms with E-state index in [4.69, 9.17) is 9.47 Å². The Morgan fingerprint density at radius 1 is 1.27 bits per heavy atom. The van der Waals surface area contributed by atoms with Crippen molar-refractivity contribution >= 4 is 5.91 Å². The summed E-state index contributed by atoms with van der Waals surface area (Å²) >= 11 is 0. The normalized spacial score (nSPS) is 16.5. The number of nitrogens with zero attached hydrogens (tertiary/aromatic N) is 2. The second-order valence-corrected chi connectivity index (χ2v) is 6.12. The standard InChI is InChI=1S/C19H23N3O4/c23-18-10-9-17(21-22(18)15-6-2-1-3-7-15)19(24)20-11-5-12-25-14-16-8-4-13-26-16/h1-3,6-7,9-10,16H,4-5,8,11-14H2,(H,20,24). The van der Waals surface area contributed by atoms with Crippen molar-refractivity contribution in [2.75, 3.05) is 26.4 Å². The Labute approximate surface area is 151 Å². The Kier molecular flexibility index (Phi) is 6.51. The molecule has 0 spiro atoms. The van der Waals surface area contributed by atoms with E-state index >= 15 is 0 Å². The largest absolute Gasteiger partial charge is 0.379 e. The highest BCUT2D eigenvalue weighted by molar-refractivity contribution is 5.92. The van der Waals surface area contributed by atoms with E-state index in [-0.39, 0.29) is 23.3 Å². The summed E-state index contributed by atoms with van der Waals surface area (Å²) in [6, 6.07) is 11.8. The summed E-state index contributed by atoms with van der Waals surface area (Å²) in [6.07, 6.45) is 3.08. The number of hydrogen-bond donors (Lipinski definition) is 1. The molecular formula is C19H23N3O4. The summed E-state index contributed by atoms with van der Waals surface area (Å²) in [5.74, 6) is -0.311. The van der Waals surface area contributed by atoms with Gasteiger partial charge in [-0.1, -0.05) is 18.2 Å². The van der Waals surface area contributed by atoms with Gasteiger partial charge in [0.1, 0.15) is 5.69 Å². The molecule has 7 heteroatoms. The van der Waals surface area contributed by atoms with E-state index in [0.29, 0.717) is 31.9 Å². The molecule has 1 saturated heterocycles. The van der Waals surface area contributed by atoms with Crippen molar-refractivity contribution in [2.24, 2.45) is 0 Å². The maximum Gasteiger partial charge on any atom is 0.271 e. The first-order valence-electron chi connectivity index (χ1n) is 8.87. The molecule has 0 bridgehead atoms. The fraction of sp³-hybridized carbons (Fsp3) is 0.421. The Bertz CT molecular complexity index is 770. The van der Waals surface area contributed by atoms with Crippen molar-refractivity contribution in [3.8, 4) is 5.69 Å². The highest BCUT2D eigenvalue weighted by Gasteiger charge is 2.15. The number of amides is 1. The Morgan fingerprint density at radius 2 is 2.12 bits per heavy atom. The van der Waals surface area contributed by atoms with Crippen LogP contribution in [0, 0.1) is 0 Å². The third-order valence-electron chi connectivity index (χ3n) is 4.11. The topological polar surface area (TPSA) is 82.5 Å². The van der Waals surface area contributed by atoms with E-state index in [2.05, 4.69) is 10.4 Å². The third-order valence-corrected chi connectivity index (χ3v) is 4.11. The van der Waals surface area contributed by atoms with Gasteiger partial charge in [-0.25, -0.2) is 0 Å². The van der Waals surface area contributed by atoms with Crippen molar-refractivity contribution in [1.29, 1.82) is 0 Å². The molecule has 2 aromatic rings. The predicted molar refractivity (Wildman–Crippen MR) is 96.6 cm³/mol. The van der Waals surface area contributed by atoms with E-state index in [9.17, 15) is 9.59 Å². The molecule has 2 heterocycles. The van der Waals surface area contributed by atoms with Crippen molar-refractivity contribution in [3.05, 3.63) is 58.5 Å². The minimum atomic E-state index is -0.311. The fourth-order valence-corrected chi connectivity index (χ4v) is 2.74. The summed E-state index contributed by atoms with van der Waals surface area (Å²) in [6.45, 7) is 2.48. The van der Waals surface area contributed by atoms with Gasteiger partial charge in [-0.05, 0) is 37.5 Å². The zero-order valence-corrected chi connectivity index (χ0v) is 14.6. The van der Waals surface area contributed by atoms with Crippen LogP contribution in [0.4, 0.5) is 0 Å². The zero-order valence-electron chi connectivity index (χ0n) is 14.6. The summed E-state index contributed by atoms with van der Waals surface area (Å²) in [5.41, 5.74) is 0.540. The van der Waals surface area contributed by atoms with Gasteiger partial charge >= 0.3 is 0 Å². The molecule has 26 heavy (non-hydrogen) atoms. The molecule has 1 atom stereocenters. The number of benzene rings is 1. The average Bonchev–Trinajstić information content (AvgIpc) is 3.19. The molecule has 1 aliphatic heterocycles. The van der Waals surface area contributed by atoms with Gasteiger partial charge in [0.2, 0.25) is 0 Å². The van der Waals surface area contributed by atoms with Gasteiger partial charge in [-0.15, -0.1) is 0 Å². The molecule has 1 amide bonds. The van der Waals surface area contributed by atoms with Crippen LogP contribution in [0.15, 0.2) is 47.3 Å². The summed E-state index contributed by atoms with van der Waals surface area (Å²) in [5, 5.41) is 6.95. The lowest BCUT2D eigenvalue weighted by molar-refractivity contribution is 0.0166. The van der Waals surface area contributed by atoms with E-state index < -0.39 is 0 Å². The summed E-state index contributed by atoms with van der Waals surface area (Å²) in [4.78, 5) is 24.2. The first-order chi connectivity index (χ1) is 12.7. The molecule has 1 unspecified atom stereocenters. The molecule has 1 fully saturated rings. The van der Waals surface area contributed by atoms with Crippen LogP contribution in [-0.2, 0) is 9.47 Å². The van der Waals surface area contributed by atoms with Crippen LogP contribution in [0.2, 0.25) is 0 Å². The third kappa shape index (κ3) is 5.00. The summed E-state index contributed by atoms with van der Waals surface area (Å²) < 4.78 is 12.3. The second-order valence-electron chi connectivity index (χ2n) is 6.12. The van der Waals surface area contributed by atoms with Crippen molar-refractivity contribution in [1.82, 2.24) is 15.1 Å². The van der Waals surface area contributed by atoms with Crippen molar-refractivity contribution in [2.45, 2.75) is 25.4 Å². The van der Waals surface area contributed by atoms with Gasteiger partial charge in [0, 0.05) is 25.8 Å². The van der Waals surface area contributed by atoms with Crippen LogP contribution in [0.25, 0.3) is 5.69 Å². The van der Waals surface area contributed by atoms with Crippen LogP contribution in [0.3, 0.4) is 0 Å². The first-order valence-corrected chi connectivity index (χ1v) is 8.87. The minimum Gasteiger partial charge on any atom is -0.379 e. The molecule has 0 radical (unpaired) electrons. The first kappa shape index (κ1) is 18.3. The molecule has 3 rings (SSSR count). The SMILES string of the molecule is O=C(NCCCOCC1CCCO1)c1ccc(=O)n(-c2ccccc2)n1. The number of carbonyl (C=O) groups excluding carboxylic acids is 1. The Hall–Kier alpha value is -2.51. The number of rotatable bonds is 8. The highest BCUT2D eigenvalue weighted by atomic mass is 16.5. The van der Waals surface area contributed by atoms with E-state index in [1.807, 2.05) is 18.2 Å². The number of hydrogen-bond acceptors (Lipinski definition) is 5. The van der Waals surface area contributed by atoms with Crippen LogP contribution in [0.1, 0.15) is 29.8 Å². The zero-order chi connectivity index (χ0) is 18.2. The van der Waals surface area contributed by atoms with Crippen LogP contribution in [-0.4, -0.2) is 48.2 Å². The fourth-order valence-electron chi connectivity index (χ4n) is 2.74. The average molecular weight is 357 g/mol. The number of ether oxygens (including phenoxy) is 2. The second kappa shape index (κ2) is 9.26. The molecule has 1 N–H and O–H groups in total. The smallest absolute Gasteiger partial charge is 0.271 e. The maximum absolute atomic E-state index is 12.2. The number of carbonyl (C=O) groups is 1.